The molecule has 0 saturated heterocycles. The minimum absolute atomic E-state index is 0.342. The summed E-state index contributed by atoms with van der Waals surface area (Å²) < 4.78 is 4.59. The quantitative estimate of drug-likeness (QED) is 0.270. The Morgan fingerprint density at radius 1 is 1.16 bits per heavy atom. The third-order valence-electron chi connectivity index (χ3n) is 4.96. The van der Waals surface area contributed by atoms with Crippen molar-refractivity contribution in [1.29, 1.82) is 0 Å². The van der Waals surface area contributed by atoms with Gasteiger partial charge in [-0.15, -0.1) is 0 Å². The molecule has 9 heteroatoms. The van der Waals surface area contributed by atoms with E-state index in [1.165, 1.54) is 0 Å². The molecule has 1 aromatic carbocycles. The number of fused-ring (bicyclic) bond motifs is 1. The third-order valence-corrected chi connectivity index (χ3v) is 5.98. The lowest BCUT2D eigenvalue weighted by molar-refractivity contribution is 0.0948. The summed E-state index contributed by atoms with van der Waals surface area (Å²) in [5, 5.41) is 5.36. The Kier molecular flexibility index (Phi) is 5.92. The van der Waals surface area contributed by atoms with E-state index >= 15 is 0 Å². The maximum absolute atomic E-state index is 12.8. The molecule has 158 valence electrons. The van der Waals surface area contributed by atoms with Gasteiger partial charge in [-0.3, -0.25) is 9.20 Å². The van der Waals surface area contributed by atoms with E-state index in [-0.39, 0.29) is 5.91 Å². The first-order chi connectivity index (χ1) is 14.8. The van der Waals surface area contributed by atoms with Gasteiger partial charge in [-0.25, -0.2) is 10.4 Å². The van der Waals surface area contributed by atoms with Gasteiger partial charge in [0.15, 0.2) is 0 Å². The van der Waals surface area contributed by atoms with E-state index in [0.29, 0.717) is 27.1 Å². The number of amides is 1. The number of carbonyl (C=O) groups excluding carboxylic acids is 1. The van der Waals surface area contributed by atoms with Crippen molar-refractivity contribution in [2.45, 2.75) is 20.8 Å². The first-order valence-corrected chi connectivity index (χ1v) is 10.9. The van der Waals surface area contributed by atoms with Crippen LogP contribution in [0.15, 0.2) is 52.2 Å². The molecular weight excluding hydrogens is 501 g/mol. The number of pyridine rings is 1. The number of benzene rings is 1. The van der Waals surface area contributed by atoms with E-state index < -0.39 is 0 Å². The molecule has 3 aromatic heterocycles. The van der Waals surface area contributed by atoms with Crippen LogP contribution >= 0.6 is 39.1 Å². The van der Waals surface area contributed by atoms with Crippen LogP contribution in [0, 0.1) is 20.8 Å². The number of rotatable bonds is 4. The van der Waals surface area contributed by atoms with Crippen molar-refractivity contribution in [1.82, 2.24) is 19.4 Å². The number of hydrogen-bond donors (Lipinski definition) is 1. The summed E-state index contributed by atoms with van der Waals surface area (Å²) in [5.74, 6) is -0.342. The molecule has 0 aliphatic carbocycles. The van der Waals surface area contributed by atoms with Crippen LogP contribution in [0.4, 0.5) is 0 Å². The monoisotopic (exact) mass is 517 g/mol. The number of halogens is 3. The van der Waals surface area contributed by atoms with Crippen molar-refractivity contribution in [3.8, 4) is 5.69 Å². The molecule has 1 N–H and O–H groups in total. The highest BCUT2D eigenvalue weighted by Crippen LogP contribution is 2.28. The topological polar surface area (TPSA) is 63.7 Å². The Hall–Kier alpha value is -2.61. The molecule has 0 saturated carbocycles. The Bertz CT molecular complexity index is 1360. The fourth-order valence-corrected chi connectivity index (χ4v) is 4.27. The largest absolute Gasteiger partial charge is 0.316 e. The molecule has 0 bridgehead atoms. The van der Waals surface area contributed by atoms with Crippen LogP contribution in [0.25, 0.3) is 11.3 Å². The highest BCUT2D eigenvalue weighted by atomic mass is 79.9. The minimum Gasteiger partial charge on any atom is -0.316 e. The summed E-state index contributed by atoms with van der Waals surface area (Å²) in [5.41, 5.74) is 7.89. The average molecular weight is 519 g/mol. The van der Waals surface area contributed by atoms with Gasteiger partial charge in [-0.05, 0) is 73.1 Å². The van der Waals surface area contributed by atoms with Gasteiger partial charge >= 0.3 is 0 Å². The number of imidazole rings is 1. The Labute approximate surface area is 197 Å². The van der Waals surface area contributed by atoms with E-state index in [2.05, 4.69) is 31.4 Å². The van der Waals surface area contributed by atoms with Crippen LogP contribution in [-0.2, 0) is 0 Å². The number of nitrogens with one attached hydrogen (secondary N) is 1. The zero-order chi connectivity index (χ0) is 22.3. The van der Waals surface area contributed by atoms with Gasteiger partial charge in [0.05, 0.1) is 22.6 Å². The van der Waals surface area contributed by atoms with E-state index in [9.17, 15) is 4.79 Å². The van der Waals surface area contributed by atoms with Gasteiger partial charge < -0.3 is 4.57 Å². The predicted octanol–water partition coefficient (Wildman–Crippen LogP) is 5.88. The summed E-state index contributed by atoms with van der Waals surface area (Å²) in [6, 6.07) is 11.0. The zero-order valence-corrected chi connectivity index (χ0v) is 20.0. The van der Waals surface area contributed by atoms with Gasteiger partial charge in [0.2, 0.25) is 0 Å². The van der Waals surface area contributed by atoms with Gasteiger partial charge in [0.25, 0.3) is 5.91 Å². The van der Waals surface area contributed by atoms with Crippen LogP contribution in [-0.4, -0.2) is 26.1 Å². The first kappa shape index (κ1) is 21.6. The fourth-order valence-electron chi connectivity index (χ4n) is 3.57. The van der Waals surface area contributed by atoms with Crippen LogP contribution < -0.4 is 5.43 Å². The molecule has 6 nitrogen and oxygen atoms in total. The van der Waals surface area contributed by atoms with Gasteiger partial charge in [-0.1, -0.05) is 23.2 Å². The first-order valence-electron chi connectivity index (χ1n) is 9.38. The Balaban J connectivity index is 1.61. The normalized spacial score (nSPS) is 11.5. The second kappa shape index (κ2) is 8.49. The number of hydrogen-bond acceptors (Lipinski definition) is 3. The lowest BCUT2D eigenvalue weighted by atomic mass is 10.2. The SMILES string of the molecule is Cc1nc2ccc(Br)cn2c1C(=O)N/N=C/c1cc(C)n(-c2cc(Cl)ccc2Cl)c1C. The van der Waals surface area contributed by atoms with Crippen LogP contribution in [0.5, 0.6) is 0 Å². The van der Waals surface area contributed by atoms with Crippen molar-refractivity contribution in [3.05, 3.63) is 85.5 Å². The third kappa shape index (κ3) is 4.13. The van der Waals surface area contributed by atoms with Gasteiger partial charge in [0, 0.05) is 32.6 Å². The highest BCUT2D eigenvalue weighted by Gasteiger charge is 2.17. The lowest BCUT2D eigenvalue weighted by Crippen LogP contribution is -2.20. The maximum atomic E-state index is 12.8. The average Bonchev–Trinajstić information content (AvgIpc) is 3.18. The van der Waals surface area contributed by atoms with Crippen LogP contribution in [0.3, 0.4) is 0 Å². The number of nitrogens with zero attached hydrogens (tertiary/aromatic N) is 4. The van der Waals surface area contributed by atoms with Crippen molar-refractivity contribution in [2.75, 3.05) is 0 Å². The fraction of sp³-hybridized carbons (Fsp3) is 0.136. The molecule has 0 radical (unpaired) electrons. The lowest BCUT2D eigenvalue weighted by Gasteiger charge is -2.12. The zero-order valence-electron chi connectivity index (χ0n) is 16.9. The summed E-state index contributed by atoms with van der Waals surface area (Å²) in [7, 11) is 0. The Morgan fingerprint density at radius 2 is 1.94 bits per heavy atom. The summed E-state index contributed by atoms with van der Waals surface area (Å²) in [6.45, 7) is 5.72. The van der Waals surface area contributed by atoms with Crippen molar-refractivity contribution in [2.24, 2.45) is 5.10 Å². The molecule has 0 aliphatic heterocycles. The number of aryl methyl sites for hydroxylation is 2. The second-order valence-corrected chi connectivity index (χ2v) is 8.84. The maximum Gasteiger partial charge on any atom is 0.290 e. The molecule has 0 atom stereocenters. The van der Waals surface area contributed by atoms with E-state index in [1.54, 1.807) is 35.9 Å². The molecule has 3 heterocycles. The summed E-state index contributed by atoms with van der Waals surface area (Å²) in [4.78, 5) is 17.2. The molecule has 0 aliphatic rings. The van der Waals surface area contributed by atoms with Crippen molar-refractivity contribution in [3.63, 3.8) is 0 Å². The van der Waals surface area contributed by atoms with Crippen LogP contribution in [0.1, 0.15) is 33.1 Å². The van der Waals surface area contributed by atoms with E-state index in [0.717, 1.165) is 27.1 Å². The number of aromatic nitrogens is 3. The molecule has 4 rings (SSSR count). The van der Waals surface area contributed by atoms with Crippen LogP contribution in [0.2, 0.25) is 10.0 Å². The summed E-state index contributed by atoms with van der Waals surface area (Å²) in [6.07, 6.45) is 3.42. The minimum atomic E-state index is -0.342. The number of hydrazone groups is 1. The van der Waals surface area contributed by atoms with E-state index in [4.69, 9.17) is 23.2 Å². The number of carbonyl (C=O) groups is 1. The standard InChI is InChI=1S/C22H18BrCl2N5O/c1-12-8-15(14(3)30(12)19-9-17(24)5-6-18(19)25)10-26-28-22(31)21-13(2)27-20-7-4-16(23)11-29(20)21/h4-11H,1-3H3,(H,28,31)/b26-10+. The molecule has 0 fully saturated rings. The van der Waals surface area contributed by atoms with Gasteiger partial charge in [0.1, 0.15) is 11.3 Å². The molecule has 1 amide bonds. The van der Waals surface area contributed by atoms with Crippen molar-refractivity contribution >= 4 is 56.9 Å². The molecule has 0 unspecified atom stereocenters. The second-order valence-electron chi connectivity index (χ2n) is 7.08. The van der Waals surface area contributed by atoms with E-state index in [1.807, 2.05) is 42.7 Å². The highest BCUT2D eigenvalue weighted by molar-refractivity contribution is 9.10. The molecular formula is C22H18BrCl2N5O. The molecule has 0 spiro atoms. The summed E-state index contributed by atoms with van der Waals surface area (Å²) >= 11 is 16.0. The molecule has 4 aromatic rings. The van der Waals surface area contributed by atoms with Crippen molar-refractivity contribution < 1.29 is 4.79 Å². The van der Waals surface area contributed by atoms with Gasteiger partial charge in [-0.2, -0.15) is 5.10 Å². The predicted molar refractivity (Wildman–Crippen MR) is 128 cm³/mol. The molecule has 31 heavy (non-hydrogen) atoms. The Morgan fingerprint density at radius 3 is 2.71 bits per heavy atom. The smallest absolute Gasteiger partial charge is 0.290 e.